The molecule has 108 valence electrons. The summed E-state index contributed by atoms with van der Waals surface area (Å²) in [5.41, 5.74) is 0.322. The third kappa shape index (κ3) is 2.34. The lowest BCUT2D eigenvalue weighted by atomic mass is 10.0. The van der Waals surface area contributed by atoms with Crippen molar-refractivity contribution in [1.82, 2.24) is 9.97 Å². The highest BCUT2D eigenvalue weighted by Gasteiger charge is 2.33. The van der Waals surface area contributed by atoms with E-state index in [1.807, 2.05) is 0 Å². The largest absolute Gasteiger partial charge is 0.268 e. The Balaban J connectivity index is 2.17. The summed E-state index contributed by atoms with van der Waals surface area (Å²) >= 11 is 12.2. The van der Waals surface area contributed by atoms with Gasteiger partial charge in [-0.2, -0.15) is 0 Å². The van der Waals surface area contributed by atoms with Crippen LogP contribution in [0, 0.1) is 17.5 Å². The molecule has 0 saturated carbocycles. The van der Waals surface area contributed by atoms with Gasteiger partial charge in [0.05, 0.1) is 23.1 Å². The molecule has 1 unspecified atom stereocenters. The van der Waals surface area contributed by atoms with E-state index < -0.39 is 29.1 Å². The van der Waals surface area contributed by atoms with Crippen molar-refractivity contribution in [3.05, 3.63) is 58.4 Å². The molecule has 3 rings (SSSR count). The van der Waals surface area contributed by atoms with E-state index in [-0.39, 0.29) is 5.03 Å². The molecule has 1 aliphatic rings. The average molecular weight is 332 g/mol. The molecule has 1 aromatic heterocycles. The molecule has 3 nitrogen and oxygen atoms in total. The van der Waals surface area contributed by atoms with Gasteiger partial charge < -0.3 is 0 Å². The Kier molecular flexibility index (Phi) is 3.51. The number of hydrogen-bond acceptors (Lipinski definition) is 3. The zero-order chi connectivity index (χ0) is 15.1. The second-order valence-electron chi connectivity index (χ2n) is 4.32. The molecule has 8 heteroatoms. The van der Waals surface area contributed by atoms with E-state index in [2.05, 4.69) is 9.97 Å². The zero-order valence-corrected chi connectivity index (χ0v) is 11.7. The molecule has 0 bridgehead atoms. The SMILES string of the molecule is Fc1cc(F)c(C2C(Cl)=Cc3ncncc3N2Cl)c(F)c1. The highest BCUT2D eigenvalue weighted by atomic mass is 35.5. The van der Waals surface area contributed by atoms with Gasteiger partial charge in [-0.3, -0.25) is 4.42 Å². The fraction of sp³-hybridized carbons (Fsp3) is 0.0769. The minimum absolute atomic E-state index is 0.0561. The summed E-state index contributed by atoms with van der Waals surface area (Å²) < 4.78 is 41.9. The molecule has 0 radical (unpaired) electrons. The number of halogens is 5. The first-order valence-electron chi connectivity index (χ1n) is 5.75. The van der Waals surface area contributed by atoms with Gasteiger partial charge in [0.15, 0.2) is 0 Å². The number of fused-ring (bicyclic) bond motifs is 1. The van der Waals surface area contributed by atoms with Crippen LogP contribution in [0.3, 0.4) is 0 Å². The van der Waals surface area contributed by atoms with Crippen molar-refractivity contribution in [3.8, 4) is 0 Å². The summed E-state index contributed by atoms with van der Waals surface area (Å²) in [6.45, 7) is 0. The maximum atomic E-state index is 13.9. The number of anilines is 1. The number of aromatic nitrogens is 2. The van der Waals surface area contributed by atoms with Crippen molar-refractivity contribution < 1.29 is 13.2 Å². The van der Waals surface area contributed by atoms with Crippen molar-refractivity contribution in [2.24, 2.45) is 0 Å². The molecular formula is C13H6Cl2F3N3. The van der Waals surface area contributed by atoms with Crippen LogP contribution in [0.2, 0.25) is 0 Å². The first kappa shape index (κ1) is 14.2. The zero-order valence-electron chi connectivity index (χ0n) is 10.2. The molecule has 21 heavy (non-hydrogen) atoms. The topological polar surface area (TPSA) is 29.0 Å². The molecular weight excluding hydrogens is 326 g/mol. The van der Waals surface area contributed by atoms with Gasteiger partial charge in [0.2, 0.25) is 0 Å². The maximum absolute atomic E-state index is 13.9. The Bertz CT molecular complexity index is 728. The third-order valence-electron chi connectivity index (χ3n) is 3.03. The molecule has 0 N–H and O–H groups in total. The lowest BCUT2D eigenvalue weighted by Gasteiger charge is -2.31. The molecule has 0 aliphatic carbocycles. The number of rotatable bonds is 1. The van der Waals surface area contributed by atoms with Crippen LogP contribution < -0.4 is 4.42 Å². The van der Waals surface area contributed by atoms with E-state index in [9.17, 15) is 13.2 Å². The summed E-state index contributed by atoms with van der Waals surface area (Å²) in [6, 6.07) is 0.0155. The quantitative estimate of drug-likeness (QED) is 0.734. The van der Waals surface area contributed by atoms with Crippen molar-refractivity contribution in [3.63, 3.8) is 0 Å². The highest BCUT2D eigenvalue weighted by Crippen LogP contribution is 2.44. The van der Waals surface area contributed by atoms with Crippen molar-refractivity contribution in [2.75, 3.05) is 4.42 Å². The molecule has 2 heterocycles. The molecule has 0 spiro atoms. The van der Waals surface area contributed by atoms with Crippen LogP contribution in [0.1, 0.15) is 17.3 Å². The molecule has 0 fully saturated rings. The van der Waals surface area contributed by atoms with Gasteiger partial charge in [-0.25, -0.2) is 23.1 Å². The van der Waals surface area contributed by atoms with Gasteiger partial charge in [-0.05, 0) is 6.08 Å². The Hall–Kier alpha value is -1.79. The summed E-state index contributed by atoms with van der Waals surface area (Å²) in [4.78, 5) is 7.77. The normalized spacial score (nSPS) is 17.5. The maximum Gasteiger partial charge on any atom is 0.134 e. The first-order valence-corrected chi connectivity index (χ1v) is 6.47. The van der Waals surface area contributed by atoms with E-state index in [1.165, 1.54) is 18.6 Å². The van der Waals surface area contributed by atoms with Crippen LogP contribution in [0.5, 0.6) is 0 Å². The third-order valence-corrected chi connectivity index (χ3v) is 3.73. The predicted molar refractivity (Wildman–Crippen MR) is 73.3 cm³/mol. The number of nitrogens with zero attached hydrogens (tertiary/aromatic N) is 3. The second kappa shape index (κ2) is 5.20. The summed E-state index contributed by atoms with van der Waals surface area (Å²) in [7, 11) is 0. The van der Waals surface area contributed by atoms with E-state index in [1.54, 1.807) is 0 Å². The monoisotopic (exact) mass is 331 g/mol. The standard InChI is InChI=1S/C13H6Cl2F3N3/c14-7-3-10-11(4-19-5-20-10)21(15)13(7)12-8(17)1-6(16)2-9(12)18/h1-5,13H. The van der Waals surface area contributed by atoms with Crippen molar-refractivity contribution in [1.29, 1.82) is 0 Å². The van der Waals surface area contributed by atoms with Crippen LogP contribution in [0.25, 0.3) is 6.08 Å². The van der Waals surface area contributed by atoms with Crippen LogP contribution >= 0.6 is 23.4 Å². The molecule has 1 aromatic carbocycles. The Morgan fingerprint density at radius 2 is 1.81 bits per heavy atom. The average Bonchev–Trinajstić information content (AvgIpc) is 2.41. The van der Waals surface area contributed by atoms with Gasteiger partial charge in [0.1, 0.15) is 29.8 Å². The lowest BCUT2D eigenvalue weighted by molar-refractivity contribution is 0.516. The van der Waals surface area contributed by atoms with Gasteiger partial charge >= 0.3 is 0 Å². The van der Waals surface area contributed by atoms with Crippen LogP contribution in [-0.4, -0.2) is 9.97 Å². The highest BCUT2D eigenvalue weighted by molar-refractivity contribution is 6.35. The number of benzene rings is 1. The van der Waals surface area contributed by atoms with E-state index in [4.69, 9.17) is 23.4 Å². The fourth-order valence-electron chi connectivity index (χ4n) is 2.13. The van der Waals surface area contributed by atoms with Crippen LogP contribution in [-0.2, 0) is 0 Å². The van der Waals surface area contributed by atoms with Crippen molar-refractivity contribution >= 4 is 35.1 Å². The molecule has 1 aliphatic heterocycles. The van der Waals surface area contributed by atoms with E-state index >= 15 is 0 Å². The van der Waals surface area contributed by atoms with Crippen molar-refractivity contribution in [2.45, 2.75) is 6.04 Å². The minimum atomic E-state index is -1.13. The lowest BCUT2D eigenvalue weighted by Crippen LogP contribution is -2.25. The predicted octanol–water partition coefficient (Wildman–Crippen LogP) is 4.19. The Morgan fingerprint density at radius 3 is 2.48 bits per heavy atom. The van der Waals surface area contributed by atoms with Gasteiger partial charge in [-0.1, -0.05) is 11.6 Å². The molecule has 0 amide bonds. The molecule has 0 saturated heterocycles. The van der Waals surface area contributed by atoms with E-state index in [0.717, 1.165) is 4.42 Å². The van der Waals surface area contributed by atoms with Crippen LogP contribution in [0.15, 0.2) is 29.7 Å². The van der Waals surface area contributed by atoms with Gasteiger partial charge in [-0.15, -0.1) is 0 Å². The van der Waals surface area contributed by atoms with Gasteiger partial charge in [0, 0.05) is 28.9 Å². The summed E-state index contributed by atoms with van der Waals surface area (Å²) in [6.07, 6.45) is 4.12. The Labute approximate surface area is 127 Å². The fourth-order valence-corrected chi connectivity index (χ4v) is 2.82. The smallest absolute Gasteiger partial charge is 0.134 e. The van der Waals surface area contributed by atoms with E-state index in [0.29, 0.717) is 23.5 Å². The molecule has 2 aromatic rings. The summed E-state index contributed by atoms with van der Waals surface area (Å²) in [5.74, 6) is -3.17. The number of hydrogen-bond donors (Lipinski definition) is 0. The van der Waals surface area contributed by atoms with Gasteiger partial charge in [0.25, 0.3) is 0 Å². The second-order valence-corrected chi connectivity index (χ2v) is 5.12. The Morgan fingerprint density at radius 1 is 1.14 bits per heavy atom. The minimum Gasteiger partial charge on any atom is -0.268 e. The first-order chi connectivity index (χ1) is 9.99. The van der Waals surface area contributed by atoms with Crippen LogP contribution in [0.4, 0.5) is 18.9 Å². The summed E-state index contributed by atoms with van der Waals surface area (Å²) in [5, 5.41) is 0.0561. The molecule has 1 atom stereocenters.